The zero-order valence-electron chi connectivity index (χ0n) is 28.2. The minimum Gasteiger partial charge on any atom is -0.444 e. The van der Waals surface area contributed by atoms with Crippen molar-refractivity contribution in [3.63, 3.8) is 0 Å². The van der Waals surface area contributed by atoms with Crippen molar-refractivity contribution in [3.05, 3.63) is 102 Å². The predicted octanol–water partition coefficient (Wildman–Crippen LogP) is 7.88. The number of anilines is 2. The number of para-hydroxylation sites is 1. The molecule has 1 aliphatic carbocycles. The van der Waals surface area contributed by atoms with Crippen molar-refractivity contribution in [2.45, 2.75) is 75.5 Å². The average molecular weight is 715 g/mol. The summed E-state index contributed by atoms with van der Waals surface area (Å²) >= 11 is 6.65. The molecular formula is C37H39ClN6O5S. The summed E-state index contributed by atoms with van der Waals surface area (Å²) in [4.78, 5) is 34.8. The van der Waals surface area contributed by atoms with Crippen LogP contribution in [0.4, 0.5) is 16.4 Å². The lowest BCUT2D eigenvalue weighted by Crippen LogP contribution is -2.51. The van der Waals surface area contributed by atoms with E-state index < -0.39 is 27.3 Å². The Kier molecular flexibility index (Phi) is 9.60. The summed E-state index contributed by atoms with van der Waals surface area (Å²) in [5.74, 6) is 0.129. The molecule has 0 saturated heterocycles. The number of hydrogen-bond acceptors (Lipinski definition) is 8. The third-order valence-corrected chi connectivity index (χ3v) is 10.5. The van der Waals surface area contributed by atoms with Gasteiger partial charge in [0.15, 0.2) is 0 Å². The molecule has 5 aromatic rings. The fraction of sp³-hybridized carbons (Fsp3) is 0.297. The van der Waals surface area contributed by atoms with Gasteiger partial charge in [0.05, 0.1) is 27.3 Å². The molecule has 50 heavy (non-hydrogen) atoms. The Bertz CT molecular complexity index is 2150. The second-order valence-electron chi connectivity index (χ2n) is 13.7. The molecule has 0 bridgehead atoms. The Labute approximate surface area is 296 Å². The summed E-state index contributed by atoms with van der Waals surface area (Å²) in [6.07, 6.45) is 5.60. The van der Waals surface area contributed by atoms with Crippen LogP contribution in [-0.4, -0.2) is 51.5 Å². The molecule has 13 heteroatoms. The van der Waals surface area contributed by atoms with Crippen LogP contribution >= 0.6 is 11.6 Å². The highest BCUT2D eigenvalue weighted by atomic mass is 35.5. The van der Waals surface area contributed by atoms with Gasteiger partial charge in [-0.25, -0.2) is 27.2 Å². The van der Waals surface area contributed by atoms with Crippen molar-refractivity contribution in [1.82, 2.24) is 19.3 Å². The number of nitrogens with one attached hydrogen (secondary N) is 3. The lowest BCUT2D eigenvalue weighted by molar-refractivity contribution is 0.0635. The number of carbonyl (C=O) groups excluding carboxylic acids is 2. The van der Waals surface area contributed by atoms with Crippen LogP contribution in [0.3, 0.4) is 0 Å². The summed E-state index contributed by atoms with van der Waals surface area (Å²) in [7, 11) is -3.90. The van der Waals surface area contributed by atoms with Crippen LogP contribution in [0, 0.1) is 0 Å². The lowest BCUT2D eigenvalue weighted by atomic mass is 9.80. The second-order valence-corrected chi connectivity index (χ2v) is 15.9. The topological polar surface area (TPSA) is 144 Å². The van der Waals surface area contributed by atoms with Gasteiger partial charge >= 0.3 is 6.09 Å². The Hall–Kier alpha value is -4.94. The zero-order valence-corrected chi connectivity index (χ0v) is 29.8. The molecular weight excluding hydrogens is 676 g/mol. The number of aromatic nitrogens is 3. The van der Waals surface area contributed by atoms with Crippen molar-refractivity contribution in [3.8, 4) is 11.3 Å². The predicted molar refractivity (Wildman–Crippen MR) is 195 cm³/mol. The molecule has 1 aliphatic rings. The molecule has 2 atom stereocenters. The van der Waals surface area contributed by atoms with E-state index in [1.54, 1.807) is 93.7 Å². The highest BCUT2D eigenvalue weighted by Gasteiger charge is 2.34. The largest absolute Gasteiger partial charge is 0.444 e. The van der Waals surface area contributed by atoms with Crippen molar-refractivity contribution < 1.29 is 22.7 Å². The maximum absolute atomic E-state index is 13.7. The van der Waals surface area contributed by atoms with Crippen LogP contribution in [0.1, 0.15) is 63.7 Å². The Morgan fingerprint density at radius 2 is 1.70 bits per heavy atom. The van der Waals surface area contributed by atoms with Gasteiger partial charge in [-0.1, -0.05) is 48.0 Å². The van der Waals surface area contributed by atoms with Gasteiger partial charge in [0, 0.05) is 40.0 Å². The van der Waals surface area contributed by atoms with Gasteiger partial charge in [0.1, 0.15) is 5.60 Å². The van der Waals surface area contributed by atoms with Crippen LogP contribution in [0.15, 0.2) is 96.2 Å². The van der Waals surface area contributed by atoms with Crippen molar-refractivity contribution >= 4 is 56.2 Å². The molecule has 2 heterocycles. The number of carbonyl (C=O) groups is 2. The normalized spacial score (nSPS) is 18.0. The monoisotopic (exact) mass is 714 g/mol. The van der Waals surface area contributed by atoms with E-state index in [0.29, 0.717) is 45.8 Å². The molecule has 0 spiro atoms. The summed E-state index contributed by atoms with van der Waals surface area (Å²) < 4.78 is 33.9. The van der Waals surface area contributed by atoms with E-state index in [2.05, 4.69) is 20.9 Å². The number of amides is 2. The zero-order chi connectivity index (χ0) is 35.7. The maximum Gasteiger partial charge on any atom is 0.412 e. The molecule has 260 valence electrons. The van der Waals surface area contributed by atoms with E-state index in [1.807, 2.05) is 19.1 Å². The van der Waals surface area contributed by atoms with E-state index in [-0.39, 0.29) is 21.9 Å². The molecule has 3 aromatic carbocycles. The molecule has 2 unspecified atom stereocenters. The van der Waals surface area contributed by atoms with Crippen LogP contribution in [0.2, 0.25) is 5.02 Å². The van der Waals surface area contributed by atoms with Gasteiger partial charge < -0.3 is 15.4 Å². The SMILES string of the molecule is CC1(NC(=O)c2ccc(NC(=O)OC(C)(C)C)cc2)CCCC(Nc2ncc(Cl)c(-c3cn(S(=O)(=O)c4ccccc4)c4ccccc34)n2)C1. The van der Waals surface area contributed by atoms with Gasteiger partial charge in [-0.05, 0) is 95.8 Å². The van der Waals surface area contributed by atoms with Gasteiger partial charge in [-0.3, -0.25) is 10.1 Å². The Balaban J connectivity index is 1.17. The number of benzene rings is 3. The molecule has 2 amide bonds. The van der Waals surface area contributed by atoms with Gasteiger partial charge in [-0.15, -0.1) is 0 Å². The minimum absolute atomic E-state index is 0.0525. The third-order valence-electron chi connectivity index (χ3n) is 8.50. The molecule has 3 N–H and O–H groups in total. The first-order chi connectivity index (χ1) is 23.7. The molecule has 6 rings (SSSR count). The number of rotatable bonds is 8. The number of hydrogen-bond donors (Lipinski definition) is 3. The summed E-state index contributed by atoms with van der Waals surface area (Å²) in [5.41, 5.74) is 1.33. The number of nitrogens with zero attached hydrogens (tertiary/aromatic N) is 3. The van der Waals surface area contributed by atoms with Crippen LogP contribution in [0.25, 0.3) is 22.2 Å². The maximum atomic E-state index is 13.7. The average Bonchev–Trinajstić information content (AvgIpc) is 3.46. The van der Waals surface area contributed by atoms with E-state index >= 15 is 0 Å². The Morgan fingerprint density at radius 1 is 1.00 bits per heavy atom. The van der Waals surface area contributed by atoms with E-state index in [9.17, 15) is 18.0 Å². The third kappa shape index (κ3) is 7.76. The van der Waals surface area contributed by atoms with Crippen molar-refractivity contribution in [2.24, 2.45) is 0 Å². The van der Waals surface area contributed by atoms with E-state index in [0.717, 1.165) is 19.3 Å². The molecule has 0 aliphatic heterocycles. The van der Waals surface area contributed by atoms with Gasteiger partial charge in [0.25, 0.3) is 15.9 Å². The van der Waals surface area contributed by atoms with Crippen LogP contribution in [0.5, 0.6) is 0 Å². The highest BCUT2D eigenvalue weighted by molar-refractivity contribution is 7.90. The standard InChI is InChI=1S/C37H39ClN6O5S/c1-36(2,3)49-35(46)41-25-18-16-24(17-19-25)33(45)43-37(4)20-10-11-26(21-37)40-34-39-22-30(38)32(42-34)29-23-44(31-15-9-8-14-28(29)31)50(47,48)27-12-6-5-7-13-27/h5-9,12-19,22-23,26H,10-11,20-21H2,1-4H3,(H,41,46)(H,43,45)(H,39,40,42). The first kappa shape index (κ1) is 34.9. The molecule has 1 fully saturated rings. The van der Waals surface area contributed by atoms with Crippen LogP contribution < -0.4 is 16.0 Å². The molecule has 1 saturated carbocycles. The molecule has 0 radical (unpaired) electrons. The van der Waals surface area contributed by atoms with E-state index in [4.69, 9.17) is 21.3 Å². The summed E-state index contributed by atoms with van der Waals surface area (Å²) in [5, 5.41) is 10.3. The molecule has 11 nitrogen and oxygen atoms in total. The number of halogens is 1. The summed E-state index contributed by atoms with van der Waals surface area (Å²) in [6, 6.07) is 22.1. The van der Waals surface area contributed by atoms with E-state index in [1.165, 1.54) is 10.2 Å². The highest BCUT2D eigenvalue weighted by Crippen LogP contribution is 2.36. The summed E-state index contributed by atoms with van der Waals surface area (Å²) in [6.45, 7) is 7.38. The first-order valence-corrected chi connectivity index (χ1v) is 18.2. The lowest BCUT2D eigenvalue weighted by Gasteiger charge is -2.39. The van der Waals surface area contributed by atoms with Crippen molar-refractivity contribution in [1.29, 1.82) is 0 Å². The fourth-order valence-electron chi connectivity index (χ4n) is 6.25. The number of fused-ring (bicyclic) bond motifs is 1. The second kappa shape index (κ2) is 13.8. The van der Waals surface area contributed by atoms with Gasteiger partial charge in [0.2, 0.25) is 5.95 Å². The van der Waals surface area contributed by atoms with Crippen LogP contribution in [-0.2, 0) is 14.8 Å². The fourth-order valence-corrected chi connectivity index (χ4v) is 7.83. The van der Waals surface area contributed by atoms with Crippen molar-refractivity contribution in [2.75, 3.05) is 10.6 Å². The van der Waals surface area contributed by atoms with Gasteiger partial charge in [-0.2, -0.15) is 0 Å². The first-order valence-electron chi connectivity index (χ1n) is 16.3. The quantitative estimate of drug-likeness (QED) is 0.147. The Morgan fingerprint density at radius 3 is 2.42 bits per heavy atom. The molecule has 2 aromatic heterocycles. The smallest absolute Gasteiger partial charge is 0.412 e. The minimum atomic E-state index is -3.90. The number of ether oxygens (including phenoxy) is 1.